The van der Waals surface area contributed by atoms with Crippen molar-refractivity contribution >= 4 is 29.9 Å². The fourth-order valence-corrected chi connectivity index (χ4v) is 3.99. The first kappa shape index (κ1) is 20.7. The summed E-state index contributed by atoms with van der Waals surface area (Å²) in [6.45, 7) is 4.74. The first-order valence-corrected chi connectivity index (χ1v) is 9.44. The molecule has 5 nitrogen and oxygen atoms in total. The van der Waals surface area contributed by atoms with Crippen LogP contribution in [-0.4, -0.2) is 30.4 Å². The normalized spacial score (nSPS) is 24.0. The molecule has 0 spiro atoms. The van der Waals surface area contributed by atoms with Gasteiger partial charge in [-0.3, -0.25) is 9.59 Å². The van der Waals surface area contributed by atoms with E-state index in [1.807, 2.05) is 12.1 Å². The van der Waals surface area contributed by atoms with Crippen molar-refractivity contribution in [3.63, 3.8) is 0 Å². The van der Waals surface area contributed by atoms with E-state index in [0.717, 1.165) is 12.8 Å². The molecule has 0 aliphatic carbocycles. The van der Waals surface area contributed by atoms with Gasteiger partial charge in [0.2, 0.25) is 5.91 Å². The first-order chi connectivity index (χ1) is 12.0. The number of carbonyl (C=O) groups is 2. The van der Waals surface area contributed by atoms with Crippen molar-refractivity contribution in [2.24, 2.45) is 11.8 Å². The highest BCUT2D eigenvalue weighted by molar-refractivity contribution is 6.03. The number of hydrogen-bond donors (Lipinski definition) is 3. The zero-order chi connectivity index (χ0) is 17.8. The van der Waals surface area contributed by atoms with Gasteiger partial charge in [0.25, 0.3) is 5.91 Å². The van der Waals surface area contributed by atoms with Gasteiger partial charge in [-0.25, -0.2) is 0 Å². The SMILES string of the molecule is CC(C)CNC(=O)c1ccccc1NC(=O)CC1CC2CCC(C1)N2.Cl. The summed E-state index contributed by atoms with van der Waals surface area (Å²) in [4.78, 5) is 24.9. The third-order valence-corrected chi connectivity index (χ3v) is 5.16. The van der Waals surface area contributed by atoms with Gasteiger partial charge in [0.05, 0.1) is 11.3 Å². The van der Waals surface area contributed by atoms with Crippen LogP contribution < -0.4 is 16.0 Å². The van der Waals surface area contributed by atoms with E-state index in [0.29, 0.717) is 48.1 Å². The monoisotopic (exact) mass is 379 g/mol. The van der Waals surface area contributed by atoms with Crippen LogP contribution in [0.1, 0.15) is 56.3 Å². The van der Waals surface area contributed by atoms with Crippen molar-refractivity contribution < 1.29 is 9.59 Å². The lowest BCUT2D eigenvalue weighted by molar-refractivity contribution is -0.117. The van der Waals surface area contributed by atoms with Crippen LogP contribution in [0.4, 0.5) is 5.69 Å². The molecule has 3 N–H and O–H groups in total. The van der Waals surface area contributed by atoms with E-state index in [-0.39, 0.29) is 24.2 Å². The highest BCUT2D eigenvalue weighted by Crippen LogP contribution is 2.32. The number of rotatable bonds is 6. The molecular weight excluding hydrogens is 350 g/mol. The van der Waals surface area contributed by atoms with Crippen molar-refractivity contribution in [3.05, 3.63) is 29.8 Å². The Morgan fingerprint density at radius 3 is 2.46 bits per heavy atom. The number of amides is 2. The van der Waals surface area contributed by atoms with Gasteiger partial charge < -0.3 is 16.0 Å². The molecule has 26 heavy (non-hydrogen) atoms. The van der Waals surface area contributed by atoms with E-state index in [4.69, 9.17) is 0 Å². The van der Waals surface area contributed by atoms with Gasteiger partial charge in [0.1, 0.15) is 0 Å². The summed E-state index contributed by atoms with van der Waals surface area (Å²) in [5, 5.41) is 9.48. The number of para-hydroxylation sites is 1. The van der Waals surface area contributed by atoms with Crippen LogP contribution in [0.5, 0.6) is 0 Å². The summed E-state index contributed by atoms with van der Waals surface area (Å²) in [5.41, 5.74) is 1.13. The van der Waals surface area contributed by atoms with Crippen LogP contribution in [0, 0.1) is 11.8 Å². The van der Waals surface area contributed by atoms with E-state index in [1.54, 1.807) is 12.1 Å². The lowest BCUT2D eigenvalue weighted by atomic mass is 9.89. The molecule has 1 aromatic carbocycles. The number of halogens is 1. The Kier molecular flexibility index (Phi) is 7.47. The molecule has 2 unspecified atom stereocenters. The first-order valence-electron chi connectivity index (χ1n) is 9.44. The smallest absolute Gasteiger partial charge is 0.253 e. The predicted molar refractivity (Wildman–Crippen MR) is 107 cm³/mol. The molecule has 0 radical (unpaired) electrons. The fourth-order valence-electron chi connectivity index (χ4n) is 3.99. The number of nitrogens with one attached hydrogen (secondary N) is 3. The van der Waals surface area contributed by atoms with E-state index >= 15 is 0 Å². The number of fused-ring (bicyclic) bond motifs is 2. The zero-order valence-electron chi connectivity index (χ0n) is 15.6. The molecule has 2 fully saturated rings. The van der Waals surface area contributed by atoms with Crippen molar-refractivity contribution in [2.45, 2.75) is 58.0 Å². The minimum absolute atomic E-state index is 0. The summed E-state index contributed by atoms with van der Waals surface area (Å²) >= 11 is 0. The highest BCUT2D eigenvalue weighted by atomic mass is 35.5. The molecule has 2 amide bonds. The number of anilines is 1. The van der Waals surface area contributed by atoms with Gasteiger partial charge in [-0.1, -0.05) is 26.0 Å². The van der Waals surface area contributed by atoms with E-state index in [1.165, 1.54) is 12.8 Å². The van der Waals surface area contributed by atoms with Crippen LogP contribution in [-0.2, 0) is 4.79 Å². The Hall–Kier alpha value is -1.59. The summed E-state index contributed by atoms with van der Waals surface area (Å²) < 4.78 is 0. The van der Waals surface area contributed by atoms with Crippen LogP contribution >= 0.6 is 12.4 Å². The minimum Gasteiger partial charge on any atom is -0.352 e. The lowest BCUT2D eigenvalue weighted by Crippen LogP contribution is -2.39. The topological polar surface area (TPSA) is 70.2 Å². The summed E-state index contributed by atoms with van der Waals surface area (Å²) in [7, 11) is 0. The maximum atomic E-state index is 12.5. The molecule has 2 saturated heterocycles. The number of hydrogen-bond acceptors (Lipinski definition) is 3. The van der Waals surface area contributed by atoms with Crippen molar-refractivity contribution in [1.82, 2.24) is 10.6 Å². The molecule has 2 atom stereocenters. The fraction of sp³-hybridized carbons (Fsp3) is 0.600. The van der Waals surface area contributed by atoms with Crippen LogP contribution in [0.2, 0.25) is 0 Å². The Bertz CT molecular complexity index is 623. The minimum atomic E-state index is -0.135. The summed E-state index contributed by atoms with van der Waals surface area (Å²) in [6.07, 6.45) is 5.18. The Balaban J connectivity index is 0.00000243. The Morgan fingerprint density at radius 1 is 1.15 bits per heavy atom. The Morgan fingerprint density at radius 2 is 1.81 bits per heavy atom. The molecular formula is C20H30ClN3O2. The molecule has 6 heteroatoms. The maximum absolute atomic E-state index is 12.5. The second-order valence-electron chi connectivity index (χ2n) is 7.88. The summed E-state index contributed by atoms with van der Waals surface area (Å²) in [6, 6.07) is 8.41. The molecule has 1 aromatic rings. The van der Waals surface area contributed by atoms with Gasteiger partial charge in [-0.15, -0.1) is 12.4 Å². The van der Waals surface area contributed by atoms with Crippen LogP contribution in [0.15, 0.2) is 24.3 Å². The number of carbonyl (C=O) groups excluding carboxylic acids is 2. The lowest BCUT2D eigenvalue weighted by Gasteiger charge is -2.28. The van der Waals surface area contributed by atoms with Gasteiger partial charge >= 0.3 is 0 Å². The molecule has 0 aromatic heterocycles. The molecule has 144 valence electrons. The van der Waals surface area contributed by atoms with E-state index < -0.39 is 0 Å². The molecule has 3 rings (SSSR count). The van der Waals surface area contributed by atoms with Crippen molar-refractivity contribution in [1.29, 1.82) is 0 Å². The highest BCUT2D eigenvalue weighted by Gasteiger charge is 2.34. The van der Waals surface area contributed by atoms with Gasteiger partial charge in [0, 0.05) is 25.0 Å². The average Bonchev–Trinajstić information content (AvgIpc) is 2.91. The van der Waals surface area contributed by atoms with Crippen molar-refractivity contribution in [3.8, 4) is 0 Å². The van der Waals surface area contributed by atoms with Gasteiger partial charge in [-0.2, -0.15) is 0 Å². The Labute approximate surface area is 162 Å². The van der Waals surface area contributed by atoms with Gasteiger partial charge in [0.15, 0.2) is 0 Å². The van der Waals surface area contributed by atoms with Crippen molar-refractivity contribution in [2.75, 3.05) is 11.9 Å². The van der Waals surface area contributed by atoms with Crippen LogP contribution in [0.3, 0.4) is 0 Å². The third-order valence-electron chi connectivity index (χ3n) is 5.16. The van der Waals surface area contributed by atoms with E-state index in [9.17, 15) is 9.59 Å². The standard InChI is InChI=1S/C20H29N3O2.ClH/c1-13(2)12-21-20(25)17-5-3-4-6-18(17)23-19(24)11-14-9-15-7-8-16(10-14)22-15;/h3-6,13-16,22H,7-12H2,1-2H3,(H,21,25)(H,23,24);1H. The third kappa shape index (κ3) is 5.45. The number of piperidine rings is 1. The molecule has 2 heterocycles. The molecule has 0 saturated carbocycles. The molecule has 2 aliphatic heterocycles. The summed E-state index contributed by atoms with van der Waals surface area (Å²) in [5.74, 6) is 0.710. The number of benzene rings is 1. The molecule has 2 bridgehead atoms. The van der Waals surface area contributed by atoms with Crippen LogP contribution in [0.25, 0.3) is 0 Å². The predicted octanol–water partition coefficient (Wildman–Crippen LogP) is 3.35. The van der Waals surface area contributed by atoms with Gasteiger partial charge in [-0.05, 0) is 49.7 Å². The maximum Gasteiger partial charge on any atom is 0.253 e. The van der Waals surface area contributed by atoms with E-state index in [2.05, 4.69) is 29.8 Å². The molecule has 2 aliphatic rings. The largest absolute Gasteiger partial charge is 0.352 e. The second-order valence-corrected chi connectivity index (χ2v) is 7.88. The average molecular weight is 380 g/mol. The zero-order valence-corrected chi connectivity index (χ0v) is 16.4. The second kappa shape index (κ2) is 9.38. The quantitative estimate of drug-likeness (QED) is 0.709.